The molecular weight excluding hydrogens is 241 g/mol. The van der Waals surface area contributed by atoms with Gasteiger partial charge in [-0.05, 0) is 6.42 Å². The van der Waals surface area contributed by atoms with E-state index in [1.54, 1.807) is 0 Å². The van der Waals surface area contributed by atoms with Crippen LogP contribution in [0.3, 0.4) is 0 Å². The number of amides is 1. The average Bonchev–Trinajstić information content (AvgIpc) is 2.65. The van der Waals surface area contributed by atoms with E-state index < -0.39 is 33.8 Å². The number of esters is 1. The van der Waals surface area contributed by atoms with E-state index in [1.165, 1.54) is 0 Å². The second kappa shape index (κ2) is 4.77. The number of methoxy groups -OCH3 is 1. The summed E-state index contributed by atoms with van der Waals surface area (Å²) in [6, 6.07) is 0. The van der Waals surface area contributed by atoms with Crippen molar-refractivity contribution in [3.63, 3.8) is 0 Å². The summed E-state index contributed by atoms with van der Waals surface area (Å²) in [5.74, 6) is -1.24. The third-order valence-electron chi connectivity index (χ3n) is 2.42. The zero-order chi connectivity index (χ0) is 12.3. The second-order valence-electron chi connectivity index (χ2n) is 3.48. The van der Waals surface area contributed by atoms with Gasteiger partial charge in [0.1, 0.15) is 11.7 Å². The number of hydrogen-bond acceptors (Lipinski definition) is 5. The van der Waals surface area contributed by atoms with Gasteiger partial charge in [0.15, 0.2) is 0 Å². The van der Waals surface area contributed by atoms with Crippen molar-refractivity contribution >= 4 is 22.1 Å². The lowest BCUT2D eigenvalue weighted by atomic mass is 10.4. The highest BCUT2D eigenvalue weighted by Gasteiger charge is 2.35. The van der Waals surface area contributed by atoms with Gasteiger partial charge >= 0.3 is 16.2 Å². The minimum Gasteiger partial charge on any atom is -0.469 e. The summed E-state index contributed by atoms with van der Waals surface area (Å²) >= 11 is 0. The molecule has 1 aliphatic heterocycles. The first-order valence-corrected chi connectivity index (χ1v) is 6.07. The van der Waals surface area contributed by atoms with Crippen LogP contribution in [0, 0.1) is 0 Å². The Balaban J connectivity index is 2.54. The van der Waals surface area contributed by atoms with Crippen molar-refractivity contribution in [2.75, 3.05) is 20.2 Å². The number of ether oxygens (including phenoxy) is 1. The predicted molar refractivity (Wildman–Crippen MR) is 51.6 cm³/mol. The highest BCUT2D eigenvalue weighted by Crippen LogP contribution is 2.18. The van der Waals surface area contributed by atoms with Crippen LogP contribution in [0.5, 0.6) is 0 Å². The summed E-state index contributed by atoms with van der Waals surface area (Å²) in [5, 5.41) is -1.17. The molecule has 8 heteroatoms. The van der Waals surface area contributed by atoms with Gasteiger partial charge < -0.3 is 9.64 Å². The van der Waals surface area contributed by atoms with Gasteiger partial charge in [-0.2, -0.15) is 8.42 Å². The van der Waals surface area contributed by atoms with E-state index in [0.717, 1.165) is 12.0 Å². The van der Waals surface area contributed by atoms with Gasteiger partial charge in [0, 0.05) is 13.1 Å². The summed E-state index contributed by atoms with van der Waals surface area (Å²) in [5.41, 5.74) is 0. The van der Waals surface area contributed by atoms with Gasteiger partial charge in [0.05, 0.1) is 7.11 Å². The number of carbonyl (C=O) groups excluding carboxylic acids is 2. The van der Waals surface area contributed by atoms with Gasteiger partial charge in [-0.15, -0.1) is 3.89 Å². The fourth-order valence-corrected chi connectivity index (χ4v) is 2.24. The zero-order valence-electron chi connectivity index (χ0n) is 8.68. The van der Waals surface area contributed by atoms with E-state index in [9.17, 15) is 21.9 Å². The molecule has 92 valence electrons. The highest BCUT2D eigenvalue weighted by atomic mass is 32.3. The number of likely N-dealkylation sites (tertiary alicyclic amines) is 1. The fourth-order valence-electron chi connectivity index (χ4n) is 1.49. The van der Waals surface area contributed by atoms with Crippen molar-refractivity contribution in [1.82, 2.24) is 4.90 Å². The highest BCUT2D eigenvalue weighted by molar-refractivity contribution is 7.87. The number of carbonyl (C=O) groups is 2. The monoisotopic (exact) mass is 253 g/mol. The number of hydrogen-bond donors (Lipinski definition) is 0. The Morgan fingerprint density at radius 1 is 1.50 bits per heavy atom. The van der Waals surface area contributed by atoms with Gasteiger partial charge in [-0.1, -0.05) is 0 Å². The van der Waals surface area contributed by atoms with Crippen molar-refractivity contribution in [2.45, 2.75) is 18.1 Å². The van der Waals surface area contributed by atoms with Crippen LogP contribution in [0.2, 0.25) is 0 Å². The lowest BCUT2D eigenvalue weighted by Gasteiger charge is -2.14. The maximum absolute atomic E-state index is 12.6. The molecular formula is C8H12FNO5S. The molecule has 0 N–H and O–H groups in total. The largest absolute Gasteiger partial charge is 0.469 e. The van der Waals surface area contributed by atoms with Crippen LogP contribution in [0.1, 0.15) is 12.8 Å². The molecule has 0 radical (unpaired) electrons. The molecule has 1 rings (SSSR count). The molecule has 0 saturated carbocycles. The topological polar surface area (TPSA) is 80.8 Å². The molecule has 1 unspecified atom stereocenters. The molecule has 1 heterocycles. The van der Waals surface area contributed by atoms with E-state index in [0.29, 0.717) is 0 Å². The second-order valence-corrected chi connectivity index (χ2v) is 5.10. The first kappa shape index (κ1) is 12.9. The molecule has 0 aromatic rings. The summed E-state index contributed by atoms with van der Waals surface area (Å²) in [6.45, 7) is -0.0572. The van der Waals surface area contributed by atoms with Crippen LogP contribution in [0.15, 0.2) is 0 Å². The molecule has 0 spiro atoms. The third kappa shape index (κ3) is 3.16. The SMILES string of the molecule is COC(=O)CC(=O)N1CCC(S(=O)(=O)F)C1. The first-order chi connectivity index (χ1) is 7.34. The fraction of sp³-hybridized carbons (Fsp3) is 0.750. The minimum atomic E-state index is -4.61. The maximum atomic E-state index is 12.6. The van der Waals surface area contributed by atoms with Crippen molar-refractivity contribution in [1.29, 1.82) is 0 Å². The Kier molecular flexibility index (Phi) is 3.84. The van der Waals surface area contributed by atoms with E-state index in [1.807, 2.05) is 0 Å². The predicted octanol–water partition coefficient (Wildman–Crippen LogP) is -0.550. The van der Waals surface area contributed by atoms with Crippen LogP contribution in [-0.2, 0) is 24.5 Å². The Bertz CT molecular complexity index is 393. The Morgan fingerprint density at radius 3 is 2.56 bits per heavy atom. The van der Waals surface area contributed by atoms with E-state index in [-0.39, 0.29) is 19.5 Å². The lowest BCUT2D eigenvalue weighted by Crippen LogP contribution is -2.32. The van der Waals surface area contributed by atoms with Crippen molar-refractivity contribution < 1.29 is 26.6 Å². The molecule has 1 saturated heterocycles. The molecule has 0 aliphatic carbocycles. The van der Waals surface area contributed by atoms with Crippen LogP contribution >= 0.6 is 0 Å². The Hall–Kier alpha value is -1.18. The summed E-state index contributed by atoms with van der Waals surface area (Å²) in [6.07, 6.45) is -0.388. The van der Waals surface area contributed by atoms with E-state index in [2.05, 4.69) is 4.74 Å². The molecule has 0 bridgehead atoms. The van der Waals surface area contributed by atoms with Gasteiger partial charge in [0.25, 0.3) is 0 Å². The molecule has 1 aliphatic rings. The standard InChI is InChI=1S/C8H12FNO5S/c1-15-8(12)4-7(11)10-3-2-6(5-10)16(9,13)14/h6H,2-5H2,1H3. The summed E-state index contributed by atoms with van der Waals surface area (Å²) < 4.78 is 38.1. The van der Waals surface area contributed by atoms with Crippen LogP contribution in [-0.4, -0.2) is 50.6 Å². The molecule has 6 nitrogen and oxygen atoms in total. The van der Waals surface area contributed by atoms with E-state index >= 15 is 0 Å². The van der Waals surface area contributed by atoms with Crippen molar-refractivity contribution in [3.8, 4) is 0 Å². The number of halogens is 1. The maximum Gasteiger partial charge on any atom is 0.315 e. The zero-order valence-corrected chi connectivity index (χ0v) is 9.50. The molecule has 1 fully saturated rings. The quantitative estimate of drug-likeness (QED) is 0.383. The first-order valence-electron chi connectivity index (χ1n) is 4.62. The summed E-state index contributed by atoms with van der Waals surface area (Å²) in [4.78, 5) is 23.3. The minimum absolute atomic E-state index is 0.0613. The van der Waals surface area contributed by atoms with Crippen LogP contribution in [0.25, 0.3) is 0 Å². The van der Waals surface area contributed by atoms with Crippen molar-refractivity contribution in [3.05, 3.63) is 0 Å². The Labute approximate surface area is 92.6 Å². The van der Waals surface area contributed by atoms with Gasteiger partial charge in [-0.25, -0.2) is 0 Å². The smallest absolute Gasteiger partial charge is 0.315 e. The normalized spacial score (nSPS) is 20.9. The average molecular weight is 253 g/mol. The lowest BCUT2D eigenvalue weighted by molar-refractivity contribution is -0.146. The van der Waals surface area contributed by atoms with Crippen LogP contribution < -0.4 is 0 Å². The van der Waals surface area contributed by atoms with Gasteiger partial charge in [0.2, 0.25) is 5.91 Å². The van der Waals surface area contributed by atoms with Crippen LogP contribution in [0.4, 0.5) is 3.89 Å². The number of nitrogens with zero attached hydrogens (tertiary/aromatic N) is 1. The molecule has 0 aromatic carbocycles. The molecule has 0 aromatic heterocycles. The van der Waals surface area contributed by atoms with E-state index in [4.69, 9.17) is 0 Å². The van der Waals surface area contributed by atoms with Gasteiger partial charge in [-0.3, -0.25) is 9.59 Å². The number of rotatable bonds is 3. The third-order valence-corrected chi connectivity index (χ3v) is 3.60. The molecule has 16 heavy (non-hydrogen) atoms. The molecule has 1 amide bonds. The van der Waals surface area contributed by atoms with Crippen molar-refractivity contribution in [2.24, 2.45) is 0 Å². The summed E-state index contributed by atoms with van der Waals surface area (Å²) in [7, 11) is -3.47. The molecule has 1 atom stereocenters. The Morgan fingerprint density at radius 2 is 2.12 bits per heavy atom.